The minimum absolute atomic E-state index is 0.524. The van der Waals surface area contributed by atoms with Crippen LogP contribution in [0.15, 0.2) is 59.5 Å². The monoisotopic (exact) mass is 486 g/mol. The van der Waals surface area contributed by atoms with Crippen LogP contribution in [0.4, 0.5) is 32.0 Å². The first-order valence-electron chi connectivity index (χ1n) is 8.67. The molecule has 2 aromatic rings. The first kappa shape index (κ1) is 25.3. The number of sulfonamides is 1. The van der Waals surface area contributed by atoms with E-state index in [4.69, 9.17) is 0 Å². The Morgan fingerprint density at radius 3 is 1.97 bits per heavy atom. The lowest BCUT2D eigenvalue weighted by atomic mass is 10.1. The summed E-state index contributed by atoms with van der Waals surface area (Å²) >= 11 is 0. The fraction of sp³-hybridized carbons (Fsp3) is 0.278. The van der Waals surface area contributed by atoms with Crippen molar-refractivity contribution in [2.24, 2.45) is 0 Å². The Bertz CT molecular complexity index is 1030. The van der Waals surface area contributed by atoms with Gasteiger partial charge in [0.05, 0.1) is 11.5 Å². The van der Waals surface area contributed by atoms with Crippen LogP contribution < -0.4 is 14.8 Å². The third-order valence-electron chi connectivity index (χ3n) is 3.77. The second-order valence-electron chi connectivity index (χ2n) is 6.08. The van der Waals surface area contributed by atoms with E-state index >= 15 is 0 Å². The van der Waals surface area contributed by atoms with Crippen molar-refractivity contribution in [3.05, 3.63) is 54.6 Å². The summed E-state index contributed by atoms with van der Waals surface area (Å²) < 4.78 is 114. The van der Waals surface area contributed by atoms with E-state index in [-0.39, 0.29) is 0 Å². The van der Waals surface area contributed by atoms with Crippen molar-refractivity contribution in [3.63, 3.8) is 0 Å². The highest BCUT2D eigenvalue weighted by Gasteiger charge is 2.64. The molecule has 32 heavy (non-hydrogen) atoms. The minimum Gasteiger partial charge on any atom is -0.463 e. The summed E-state index contributed by atoms with van der Waals surface area (Å²) in [5, 5.41) is 1.71. The molecule has 0 aliphatic rings. The lowest BCUT2D eigenvalue weighted by Crippen LogP contribution is -2.69. The van der Waals surface area contributed by atoms with Crippen LogP contribution in [0.5, 0.6) is 5.75 Å². The second-order valence-corrected chi connectivity index (χ2v) is 7.77. The summed E-state index contributed by atoms with van der Waals surface area (Å²) in [5.74, 6) is -2.77. The quantitative estimate of drug-likeness (QED) is 0.335. The highest BCUT2D eigenvalue weighted by molar-refractivity contribution is 7.89. The van der Waals surface area contributed by atoms with Gasteiger partial charge in [-0.2, -0.15) is 17.9 Å². The second kappa shape index (κ2) is 9.24. The van der Waals surface area contributed by atoms with Gasteiger partial charge in [0.25, 0.3) is 5.66 Å². The molecule has 176 valence electrons. The molecule has 0 aliphatic carbocycles. The Kier molecular flexibility index (Phi) is 7.29. The first-order valence-corrected chi connectivity index (χ1v) is 10.2. The normalized spacial score (nSPS) is 14.3. The van der Waals surface area contributed by atoms with Crippen LogP contribution in [-0.4, -0.2) is 39.2 Å². The molecule has 0 spiro atoms. The van der Waals surface area contributed by atoms with E-state index in [1.54, 1.807) is 5.32 Å². The topological polar surface area (TPSA) is 93.7 Å². The van der Waals surface area contributed by atoms with Crippen molar-refractivity contribution < 1.29 is 49.0 Å². The number of nitrogens with one attached hydrogen (secondary N) is 2. The number of anilines is 1. The lowest BCUT2D eigenvalue weighted by Gasteiger charge is -2.35. The van der Waals surface area contributed by atoms with Crippen LogP contribution >= 0.6 is 0 Å². The van der Waals surface area contributed by atoms with E-state index in [1.807, 2.05) is 0 Å². The molecule has 1 unspecified atom stereocenters. The number of carbonyl (C=O) groups is 1. The molecular formula is C18H16F6N2O5S. The SMILES string of the molecule is CCOC(=O)C(Nc1ccc(OC(F)(F)F)cc1)(NS(=O)(=O)c1ccccc1)C(F)(F)F. The maximum absolute atomic E-state index is 14.1. The van der Waals surface area contributed by atoms with Crippen molar-refractivity contribution in [1.29, 1.82) is 0 Å². The Morgan fingerprint density at radius 2 is 1.50 bits per heavy atom. The molecule has 0 fully saturated rings. The number of alkyl halides is 6. The summed E-state index contributed by atoms with van der Waals surface area (Å²) in [5.41, 5.74) is -4.55. The molecule has 1 atom stereocenters. The van der Waals surface area contributed by atoms with E-state index < -0.39 is 57.1 Å². The summed E-state index contributed by atoms with van der Waals surface area (Å²) in [6.45, 7) is 0.678. The molecule has 0 saturated heterocycles. The molecule has 0 heterocycles. The summed E-state index contributed by atoms with van der Waals surface area (Å²) in [4.78, 5) is 11.8. The van der Waals surface area contributed by atoms with Gasteiger partial charge in [-0.05, 0) is 43.3 Å². The molecular weight excluding hydrogens is 470 g/mol. The summed E-state index contributed by atoms with van der Waals surface area (Å²) in [6.07, 6.45) is -10.6. The third-order valence-corrected chi connectivity index (χ3v) is 5.24. The van der Waals surface area contributed by atoms with Gasteiger partial charge < -0.3 is 14.8 Å². The highest BCUT2D eigenvalue weighted by atomic mass is 32.2. The molecule has 2 rings (SSSR count). The van der Waals surface area contributed by atoms with Gasteiger partial charge in [-0.3, -0.25) is 0 Å². The molecule has 0 bridgehead atoms. The Labute approximate surface area is 178 Å². The highest BCUT2D eigenvalue weighted by Crippen LogP contribution is 2.35. The predicted molar refractivity (Wildman–Crippen MR) is 98.9 cm³/mol. The van der Waals surface area contributed by atoms with Gasteiger partial charge in [-0.1, -0.05) is 18.2 Å². The van der Waals surface area contributed by atoms with Crippen LogP contribution in [0.3, 0.4) is 0 Å². The molecule has 0 radical (unpaired) electrons. The fourth-order valence-electron chi connectivity index (χ4n) is 2.42. The van der Waals surface area contributed by atoms with E-state index in [0.717, 1.165) is 24.3 Å². The molecule has 0 amide bonds. The number of benzene rings is 2. The molecule has 2 aromatic carbocycles. The Balaban J connectivity index is 2.52. The van der Waals surface area contributed by atoms with Crippen LogP contribution in [0, 0.1) is 0 Å². The average molecular weight is 486 g/mol. The van der Waals surface area contributed by atoms with E-state index in [2.05, 4.69) is 9.47 Å². The van der Waals surface area contributed by atoms with Crippen LogP contribution in [0.25, 0.3) is 0 Å². The minimum atomic E-state index is -5.58. The van der Waals surface area contributed by atoms with Gasteiger partial charge in [0.15, 0.2) is 0 Å². The lowest BCUT2D eigenvalue weighted by molar-refractivity contribution is -0.274. The number of hydrogen-bond donors (Lipinski definition) is 2. The summed E-state index contributed by atoms with van der Waals surface area (Å²) in [6, 6.07) is 8.73. The van der Waals surface area contributed by atoms with Crippen molar-refractivity contribution in [1.82, 2.24) is 4.72 Å². The predicted octanol–water partition coefficient (Wildman–Crippen LogP) is 3.80. The largest absolute Gasteiger partial charge is 0.573 e. The third kappa shape index (κ3) is 6.03. The van der Waals surface area contributed by atoms with Gasteiger partial charge in [0, 0.05) is 5.69 Å². The molecule has 2 N–H and O–H groups in total. The standard InChI is InChI=1S/C18H16F6N2O5S/c1-2-30-15(27)16(17(19,20)21,26-32(28,29)14-6-4-3-5-7-14)25-12-8-10-13(11-9-12)31-18(22,23)24/h3-11,25-26H,2H2,1H3. The number of hydrogen-bond acceptors (Lipinski definition) is 6. The van der Waals surface area contributed by atoms with Gasteiger partial charge >= 0.3 is 18.5 Å². The van der Waals surface area contributed by atoms with Crippen LogP contribution in [-0.2, 0) is 19.6 Å². The number of carbonyl (C=O) groups excluding carboxylic acids is 1. The van der Waals surface area contributed by atoms with Crippen LogP contribution in [0.2, 0.25) is 0 Å². The molecule has 0 saturated carbocycles. The zero-order valence-electron chi connectivity index (χ0n) is 16.1. The van der Waals surface area contributed by atoms with E-state index in [1.165, 1.54) is 29.8 Å². The number of rotatable bonds is 8. The maximum atomic E-state index is 14.1. The van der Waals surface area contributed by atoms with Crippen molar-refractivity contribution >= 4 is 21.7 Å². The molecule has 0 aromatic heterocycles. The van der Waals surface area contributed by atoms with E-state index in [0.29, 0.717) is 12.1 Å². The zero-order valence-corrected chi connectivity index (χ0v) is 16.9. The smallest absolute Gasteiger partial charge is 0.463 e. The molecule has 0 aliphatic heterocycles. The van der Waals surface area contributed by atoms with Gasteiger partial charge in [0.1, 0.15) is 5.75 Å². The van der Waals surface area contributed by atoms with Crippen molar-refractivity contribution in [2.75, 3.05) is 11.9 Å². The van der Waals surface area contributed by atoms with Gasteiger partial charge in [0.2, 0.25) is 10.0 Å². The number of ether oxygens (including phenoxy) is 2. The fourth-order valence-corrected chi connectivity index (χ4v) is 3.71. The summed E-state index contributed by atoms with van der Waals surface area (Å²) in [7, 11) is -4.92. The van der Waals surface area contributed by atoms with Gasteiger partial charge in [-0.25, -0.2) is 13.2 Å². The maximum Gasteiger partial charge on any atom is 0.573 e. The number of halogens is 6. The van der Waals surface area contributed by atoms with Gasteiger partial charge in [-0.15, -0.1) is 13.2 Å². The van der Waals surface area contributed by atoms with E-state index in [9.17, 15) is 39.6 Å². The van der Waals surface area contributed by atoms with Crippen molar-refractivity contribution in [3.8, 4) is 5.75 Å². The average Bonchev–Trinajstić information content (AvgIpc) is 2.67. The molecule has 14 heteroatoms. The van der Waals surface area contributed by atoms with Crippen molar-refractivity contribution in [2.45, 2.75) is 30.0 Å². The first-order chi connectivity index (χ1) is 14.7. The Morgan fingerprint density at radius 1 is 0.938 bits per heavy atom. The number of esters is 1. The molecule has 7 nitrogen and oxygen atoms in total. The zero-order chi connectivity index (χ0) is 24.2. The Hall–Kier alpha value is -3.00. The van der Waals surface area contributed by atoms with Crippen LogP contribution in [0.1, 0.15) is 6.92 Å².